The Labute approximate surface area is 146 Å². The van der Waals surface area contributed by atoms with E-state index in [0.717, 1.165) is 30.9 Å². The first-order chi connectivity index (χ1) is 11.9. The maximum Gasteiger partial charge on any atom is 0.222 e. The van der Waals surface area contributed by atoms with Crippen LogP contribution < -0.4 is 0 Å². The summed E-state index contributed by atoms with van der Waals surface area (Å²) in [5, 5.41) is 0. The molecule has 2 aromatic rings. The Bertz CT molecular complexity index is 843. The van der Waals surface area contributed by atoms with Crippen LogP contribution in [0.25, 0.3) is 11.1 Å². The lowest BCUT2D eigenvalue weighted by Gasteiger charge is -2.50. The highest BCUT2D eigenvalue weighted by atomic mass is 19.1. The Morgan fingerprint density at radius 3 is 2.48 bits per heavy atom. The Morgan fingerprint density at radius 2 is 1.76 bits per heavy atom. The molecule has 0 aromatic heterocycles. The number of hydrogen-bond donors (Lipinski definition) is 0. The zero-order valence-electron chi connectivity index (χ0n) is 14.5. The standard InChI is InChI=1S/C21H21F2NO/c1-21-8-7-20(25)24(2)19(21)6-4-14-9-13(3-5-18(14)21)15-10-16(22)12-17(23)11-15/h3,5,9-12,19H,4,6-8H2,1-2H3/t19-,21?/m1/s1. The van der Waals surface area contributed by atoms with E-state index in [9.17, 15) is 13.6 Å². The van der Waals surface area contributed by atoms with Gasteiger partial charge in [0.2, 0.25) is 5.91 Å². The number of rotatable bonds is 1. The van der Waals surface area contributed by atoms with E-state index in [1.54, 1.807) is 0 Å². The van der Waals surface area contributed by atoms with Gasteiger partial charge in [0.25, 0.3) is 0 Å². The quantitative estimate of drug-likeness (QED) is 0.750. The minimum atomic E-state index is -0.563. The third-order valence-corrected chi connectivity index (χ3v) is 6.06. The van der Waals surface area contributed by atoms with Crippen LogP contribution in [0.1, 0.15) is 37.3 Å². The van der Waals surface area contributed by atoms with E-state index < -0.39 is 11.6 Å². The van der Waals surface area contributed by atoms with Crippen LogP contribution in [0.4, 0.5) is 8.78 Å². The van der Waals surface area contributed by atoms with Crippen molar-refractivity contribution in [1.29, 1.82) is 0 Å². The Kier molecular flexibility index (Phi) is 3.67. The minimum absolute atomic E-state index is 0.0536. The molecule has 1 aliphatic heterocycles. The van der Waals surface area contributed by atoms with E-state index in [2.05, 4.69) is 19.1 Å². The van der Waals surface area contributed by atoms with Gasteiger partial charge in [0, 0.05) is 31.0 Å². The molecule has 1 unspecified atom stereocenters. The molecule has 0 saturated carbocycles. The predicted molar refractivity (Wildman–Crippen MR) is 93.3 cm³/mol. The number of likely N-dealkylation sites (tertiary alicyclic amines) is 1. The average molecular weight is 341 g/mol. The molecule has 0 radical (unpaired) electrons. The summed E-state index contributed by atoms with van der Waals surface area (Å²) in [6, 6.07) is 9.93. The van der Waals surface area contributed by atoms with E-state index in [1.807, 2.05) is 18.0 Å². The topological polar surface area (TPSA) is 20.3 Å². The van der Waals surface area contributed by atoms with Gasteiger partial charge in [-0.3, -0.25) is 4.79 Å². The van der Waals surface area contributed by atoms with Gasteiger partial charge in [0.15, 0.2) is 0 Å². The van der Waals surface area contributed by atoms with E-state index >= 15 is 0 Å². The first kappa shape index (κ1) is 16.2. The van der Waals surface area contributed by atoms with Crippen molar-refractivity contribution in [2.24, 2.45) is 0 Å². The van der Waals surface area contributed by atoms with Gasteiger partial charge in [-0.05, 0) is 53.6 Å². The summed E-state index contributed by atoms with van der Waals surface area (Å²) in [7, 11) is 1.90. The molecule has 2 nitrogen and oxygen atoms in total. The highest BCUT2D eigenvalue weighted by Gasteiger charge is 2.46. The molecule has 2 aliphatic rings. The van der Waals surface area contributed by atoms with Gasteiger partial charge in [-0.2, -0.15) is 0 Å². The molecule has 130 valence electrons. The number of amides is 1. The molecular formula is C21H21F2NO. The molecule has 0 spiro atoms. The Balaban J connectivity index is 1.77. The molecule has 1 amide bonds. The normalized spacial score (nSPS) is 25.5. The summed E-state index contributed by atoms with van der Waals surface area (Å²) in [5.41, 5.74) is 3.83. The number of halogens is 2. The second-order valence-corrected chi connectivity index (χ2v) is 7.51. The summed E-state index contributed by atoms with van der Waals surface area (Å²) >= 11 is 0. The highest BCUT2D eigenvalue weighted by molar-refractivity contribution is 5.78. The molecule has 0 N–H and O–H groups in total. The first-order valence-corrected chi connectivity index (χ1v) is 8.74. The monoisotopic (exact) mass is 341 g/mol. The highest BCUT2D eigenvalue weighted by Crippen LogP contribution is 2.46. The summed E-state index contributed by atoms with van der Waals surface area (Å²) in [5.74, 6) is -0.905. The minimum Gasteiger partial charge on any atom is -0.342 e. The lowest BCUT2D eigenvalue weighted by atomic mass is 9.63. The summed E-state index contributed by atoms with van der Waals surface area (Å²) in [6.07, 6.45) is 3.22. The maximum atomic E-state index is 13.5. The van der Waals surface area contributed by atoms with E-state index in [4.69, 9.17) is 0 Å². The van der Waals surface area contributed by atoms with Crippen LogP contribution in [0.15, 0.2) is 36.4 Å². The van der Waals surface area contributed by atoms with Crippen LogP contribution in [-0.2, 0) is 16.6 Å². The number of piperidine rings is 1. The first-order valence-electron chi connectivity index (χ1n) is 8.74. The number of aryl methyl sites for hydroxylation is 1. The van der Waals surface area contributed by atoms with Gasteiger partial charge >= 0.3 is 0 Å². The molecule has 2 aromatic carbocycles. The van der Waals surface area contributed by atoms with Gasteiger partial charge in [0.05, 0.1) is 0 Å². The fraction of sp³-hybridized carbons (Fsp3) is 0.381. The van der Waals surface area contributed by atoms with Crippen molar-refractivity contribution in [3.05, 3.63) is 59.2 Å². The number of carbonyl (C=O) groups excluding carboxylic acids is 1. The number of nitrogens with zero attached hydrogens (tertiary/aromatic N) is 1. The molecule has 1 heterocycles. The van der Waals surface area contributed by atoms with E-state index in [0.29, 0.717) is 12.0 Å². The van der Waals surface area contributed by atoms with Crippen molar-refractivity contribution >= 4 is 5.91 Å². The largest absolute Gasteiger partial charge is 0.342 e. The molecule has 1 fully saturated rings. The van der Waals surface area contributed by atoms with Gasteiger partial charge in [-0.1, -0.05) is 25.1 Å². The van der Waals surface area contributed by atoms with Crippen molar-refractivity contribution in [1.82, 2.24) is 4.90 Å². The second-order valence-electron chi connectivity index (χ2n) is 7.51. The zero-order chi connectivity index (χ0) is 17.8. The van der Waals surface area contributed by atoms with Crippen molar-refractivity contribution in [3.63, 3.8) is 0 Å². The molecule has 0 bridgehead atoms. The van der Waals surface area contributed by atoms with E-state index in [-0.39, 0.29) is 17.4 Å². The van der Waals surface area contributed by atoms with Crippen LogP contribution >= 0.6 is 0 Å². The molecule has 2 atom stereocenters. The smallest absolute Gasteiger partial charge is 0.222 e. The van der Waals surface area contributed by atoms with Crippen LogP contribution in [0.2, 0.25) is 0 Å². The predicted octanol–water partition coefficient (Wildman–Crippen LogP) is 4.46. The summed E-state index contributed by atoms with van der Waals surface area (Å²) in [6.45, 7) is 2.24. The number of fused-ring (bicyclic) bond motifs is 3. The fourth-order valence-electron chi connectivity index (χ4n) is 4.69. The number of likely N-dealkylation sites (N-methyl/N-ethyl adjacent to an activating group) is 1. The molecule has 4 heteroatoms. The van der Waals surface area contributed by atoms with Crippen molar-refractivity contribution in [3.8, 4) is 11.1 Å². The second kappa shape index (κ2) is 5.65. The van der Waals surface area contributed by atoms with Crippen molar-refractivity contribution in [2.45, 2.75) is 44.1 Å². The third kappa shape index (κ3) is 2.55. The maximum absolute atomic E-state index is 13.5. The SMILES string of the molecule is CN1C(=O)CCC2(C)c3ccc(-c4cc(F)cc(F)c4)cc3CC[C@@H]12. The van der Waals surface area contributed by atoms with E-state index in [1.165, 1.54) is 23.3 Å². The lowest BCUT2D eigenvalue weighted by molar-refractivity contribution is -0.138. The van der Waals surface area contributed by atoms with Gasteiger partial charge in [-0.25, -0.2) is 8.78 Å². The van der Waals surface area contributed by atoms with Gasteiger partial charge < -0.3 is 4.90 Å². The van der Waals surface area contributed by atoms with Crippen LogP contribution in [0.3, 0.4) is 0 Å². The molecule has 4 rings (SSSR count). The van der Waals surface area contributed by atoms with Crippen LogP contribution in [0, 0.1) is 11.6 Å². The summed E-state index contributed by atoms with van der Waals surface area (Å²) in [4.78, 5) is 14.0. The third-order valence-electron chi connectivity index (χ3n) is 6.06. The van der Waals surface area contributed by atoms with Crippen LogP contribution in [0.5, 0.6) is 0 Å². The molecule has 25 heavy (non-hydrogen) atoms. The van der Waals surface area contributed by atoms with Crippen molar-refractivity contribution in [2.75, 3.05) is 7.05 Å². The number of benzene rings is 2. The number of carbonyl (C=O) groups is 1. The van der Waals surface area contributed by atoms with Gasteiger partial charge in [0.1, 0.15) is 11.6 Å². The molecule has 1 aliphatic carbocycles. The Hall–Kier alpha value is -2.23. The number of hydrogen-bond acceptors (Lipinski definition) is 1. The molecular weight excluding hydrogens is 320 g/mol. The lowest BCUT2D eigenvalue weighted by Crippen LogP contribution is -2.56. The Morgan fingerprint density at radius 1 is 1.04 bits per heavy atom. The van der Waals surface area contributed by atoms with Gasteiger partial charge in [-0.15, -0.1) is 0 Å². The summed E-state index contributed by atoms with van der Waals surface area (Å²) < 4.78 is 27.1. The van der Waals surface area contributed by atoms with Crippen LogP contribution in [-0.4, -0.2) is 23.9 Å². The fourth-order valence-corrected chi connectivity index (χ4v) is 4.69. The van der Waals surface area contributed by atoms with Crippen molar-refractivity contribution < 1.29 is 13.6 Å². The average Bonchev–Trinajstić information content (AvgIpc) is 2.57. The zero-order valence-corrected chi connectivity index (χ0v) is 14.5. The molecule has 1 saturated heterocycles.